The van der Waals surface area contributed by atoms with Crippen molar-refractivity contribution in [1.29, 1.82) is 0 Å². The molecular weight excluding hydrogens is 1530 g/mol. The van der Waals surface area contributed by atoms with Gasteiger partial charge in [-0.2, -0.15) is 59.3 Å². The van der Waals surface area contributed by atoms with Crippen molar-refractivity contribution in [2.24, 2.45) is 0 Å². The minimum absolute atomic E-state index is 0. The number of rotatable bonds is 36. The molecule has 0 unspecified atom stereocenters. The van der Waals surface area contributed by atoms with Crippen LogP contribution < -0.4 is 43.4 Å². The Labute approximate surface area is 534 Å². The topological polar surface area (TPSA) is 18.5 Å². The number of halogens is 4. The number of unbranched alkanes of at least 4 members (excludes halogenated alkanes) is 18. The molecule has 0 aliphatic carbocycles. The molecular formula is C63H118Br2Cl2O2P4Pt2. The van der Waals surface area contributed by atoms with Crippen LogP contribution in [-0.4, -0.2) is 92.5 Å². The Morgan fingerprint density at radius 1 is 0.333 bits per heavy atom. The normalized spacial score (nSPS) is 10.2. The molecule has 0 aliphatic heterocycles. The molecule has 0 radical (unpaired) electrons. The van der Waals surface area contributed by atoms with E-state index in [1.807, 2.05) is 12.1 Å². The Morgan fingerprint density at radius 2 is 0.533 bits per heavy atom. The van der Waals surface area contributed by atoms with Gasteiger partial charge < -0.3 is 43.4 Å². The first-order valence-corrected chi connectivity index (χ1v) is 38.3. The molecule has 0 spiro atoms. The molecule has 3 rings (SSSR count). The second-order valence-corrected chi connectivity index (χ2v) is 32.0. The second-order valence-electron chi connectivity index (χ2n) is 18.2. The van der Waals surface area contributed by atoms with Gasteiger partial charge in [0.15, 0.2) is 0 Å². The zero-order chi connectivity index (χ0) is 53.6. The fourth-order valence-electron chi connectivity index (χ4n) is 8.44. The maximum Gasteiger partial charge on any atom is 2.00 e. The van der Waals surface area contributed by atoms with Gasteiger partial charge in [0.05, 0.1) is 18.6 Å². The fourth-order valence-corrected chi connectivity index (χ4v) is 13.8. The first-order chi connectivity index (χ1) is 34.7. The summed E-state index contributed by atoms with van der Waals surface area (Å²) >= 11 is 9.53. The third kappa shape index (κ3) is 51.8. The van der Waals surface area contributed by atoms with Gasteiger partial charge >= 0.3 is 42.1 Å². The van der Waals surface area contributed by atoms with Crippen LogP contribution in [0, 0.1) is 12.1 Å². The van der Waals surface area contributed by atoms with Crippen LogP contribution in [0.15, 0.2) is 36.4 Å². The zero-order valence-corrected chi connectivity index (χ0v) is 63.8. The van der Waals surface area contributed by atoms with Crippen LogP contribution in [0.3, 0.4) is 0 Å². The van der Waals surface area contributed by atoms with Crippen LogP contribution in [-0.2, 0) is 42.1 Å². The van der Waals surface area contributed by atoms with Crippen LogP contribution in [0.25, 0.3) is 21.5 Å². The van der Waals surface area contributed by atoms with E-state index in [9.17, 15) is 0 Å². The van der Waals surface area contributed by atoms with Crippen molar-refractivity contribution in [3.8, 4) is 11.5 Å². The molecule has 75 heavy (non-hydrogen) atoms. The molecule has 12 heteroatoms. The maximum atomic E-state index is 6.53. The smallest absolute Gasteiger partial charge is 1.00 e. The van der Waals surface area contributed by atoms with E-state index in [-0.39, 0.29) is 81.4 Å². The number of hydrogen-bond donors (Lipinski definition) is 0. The van der Waals surface area contributed by atoms with Crippen molar-refractivity contribution in [2.45, 2.75) is 225 Å². The van der Waals surface area contributed by atoms with E-state index < -0.39 is 0 Å². The van der Waals surface area contributed by atoms with E-state index in [1.54, 1.807) is 0 Å². The van der Waals surface area contributed by atoms with Gasteiger partial charge in [0.25, 0.3) is 0 Å². The zero-order valence-electron chi connectivity index (χ0n) is 51.0. The van der Waals surface area contributed by atoms with E-state index in [2.05, 4.69) is 133 Å². The van der Waals surface area contributed by atoms with E-state index in [4.69, 9.17) is 32.7 Å². The number of ether oxygens (including phenoxy) is 2. The first kappa shape index (κ1) is 91.2. The summed E-state index contributed by atoms with van der Waals surface area (Å²) in [7, 11) is 1.78. The molecule has 450 valence electrons. The van der Waals surface area contributed by atoms with Gasteiger partial charge in [-0.15, -0.1) is 54.9 Å². The number of alkyl halides is 2. The van der Waals surface area contributed by atoms with Crippen LogP contribution in [0.5, 0.6) is 11.5 Å². The van der Waals surface area contributed by atoms with Gasteiger partial charge in [0.1, 0.15) is 11.5 Å². The van der Waals surface area contributed by atoms with E-state index in [0.717, 1.165) is 48.3 Å². The Balaban J connectivity index is -0.000000215. The van der Waals surface area contributed by atoms with Crippen molar-refractivity contribution < 1.29 is 85.6 Å². The number of fused-ring (bicyclic) bond motifs is 3. The fraction of sp³-hybridized carbons (Fsp3) is 0.778. The first-order valence-electron chi connectivity index (χ1n) is 29.7. The number of hydrogen-bond acceptors (Lipinski definition) is 2. The minimum atomic E-state index is 0. The van der Waals surface area contributed by atoms with Crippen molar-refractivity contribution in [3.05, 3.63) is 48.5 Å². The van der Waals surface area contributed by atoms with Crippen molar-refractivity contribution >= 4 is 76.4 Å². The molecule has 0 saturated carbocycles. The second kappa shape index (κ2) is 72.5. The molecule has 0 fully saturated rings. The van der Waals surface area contributed by atoms with Gasteiger partial charge in [0.2, 0.25) is 0 Å². The van der Waals surface area contributed by atoms with Gasteiger partial charge in [-0.1, -0.05) is 223 Å². The van der Waals surface area contributed by atoms with Gasteiger partial charge in [-0.05, 0) is 86.8 Å². The summed E-state index contributed by atoms with van der Waals surface area (Å²) in [4.78, 5) is 0. The van der Waals surface area contributed by atoms with E-state index in [1.165, 1.54) is 200 Å². The van der Waals surface area contributed by atoms with Crippen LogP contribution in [0.2, 0.25) is 0 Å². The predicted molar refractivity (Wildman–Crippen MR) is 345 cm³/mol. The van der Waals surface area contributed by atoms with Crippen molar-refractivity contribution in [3.63, 3.8) is 0 Å². The Kier molecular flexibility index (Phi) is 88.2. The molecule has 3 aromatic carbocycles. The van der Waals surface area contributed by atoms with Crippen LogP contribution in [0.4, 0.5) is 0 Å². The molecule has 0 atom stereocenters. The predicted octanol–water partition coefficient (Wildman–Crippen LogP) is 17.7. The van der Waals surface area contributed by atoms with Crippen LogP contribution >= 0.6 is 54.9 Å². The SMILES string of the molecule is CCCCCCCCCCCCOc1c(OCCCCCCCCCCCC)c2cc[c-]cc2c2c[c-]ccc12.CCP(CC)CC.CCP(CC)CC.CCP(CC)CC.CCP(CC)CC.ClCCl.[Br-].[Br-].[Pt+2].[Pt+2]. The van der Waals surface area contributed by atoms with Crippen molar-refractivity contribution in [1.82, 2.24) is 0 Å². The molecule has 0 heterocycles. The molecule has 0 N–H and O–H groups in total. The summed E-state index contributed by atoms with van der Waals surface area (Å²) < 4.78 is 13.1. The average molecular weight is 1650 g/mol. The molecule has 0 amide bonds. The van der Waals surface area contributed by atoms with E-state index >= 15 is 0 Å². The average Bonchev–Trinajstić information content (AvgIpc) is 3.40. The molecule has 0 bridgehead atoms. The molecule has 0 aliphatic rings. The molecule has 3 aromatic rings. The summed E-state index contributed by atoms with van der Waals surface area (Å²) in [5.74, 6) is 1.82. The molecule has 0 saturated heterocycles. The van der Waals surface area contributed by atoms with Gasteiger partial charge in [-0.25, -0.2) is 0 Å². The van der Waals surface area contributed by atoms with Gasteiger partial charge in [0, 0.05) is 0 Å². The quantitative estimate of drug-likeness (QED) is 0.0190. The monoisotopic (exact) mass is 1650 g/mol. The largest absolute Gasteiger partial charge is 2.00 e. The summed E-state index contributed by atoms with van der Waals surface area (Å²) in [5, 5.41) is 4.77. The minimum Gasteiger partial charge on any atom is -1.00 e. The molecule has 0 aromatic heterocycles. The Hall–Kier alpha value is 2.42. The Bertz CT molecular complexity index is 1350. The maximum absolute atomic E-state index is 6.53. The summed E-state index contributed by atoms with van der Waals surface area (Å²) in [6.45, 7) is 33.5. The summed E-state index contributed by atoms with van der Waals surface area (Å²) in [6.07, 6.45) is 43.6. The van der Waals surface area contributed by atoms with Crippen molar-refractivity contribution in [2.75, 3.05) is 92.5 Å². The third-order valence-corrected chi connectivity index (χ3v) is 24.3. The van der Waals surface area contributed by atoms with E-state index in [0.29, 0.717) is 31.7 Å². The number of benzene rings is 3. The van der Waals surface area contributed by atoms with Crippen LogP contribution in [0.1, 0.15) is 225 Å². The third-order valence-electron chi connectivity index (χ3n) is 13.6. The van der Waals surface area contributed by atoms with Gasteiger partial charge in [-0.3, -0.25) is 0 Å². The Morgan fingerprint density at radius 3 is 0.720 bits per heavy atom. The summed E-state index contributed by atoms with van der Waals surface area (Å²) in [5.41, 5.74) is 0. The summed E-state index contributed by atoms with van der Waals surface area (Å²) in [6, 6.07) is 18.9. The standard InChI is InChI=1S/C38H56O2.4C6H15P.CH2Cl2.2BrH.2Pt/c1-3-5-7-9-11-13-15-17-19-25-31-39-37-35-29-23-21-27-33(35)34-28-22-24-30-36(34)38(37)40-32-26-20-18-16-14-12-10-8-6-4-2;4*1-4-7(5-2)6-3;2-1-3;;;;/h23-24,27-30H,3-20,25-26,31-32H2,1-2H3;4*4-6H2,1-3H3;1H2;2*1H;;/q-2;;;;;;;;2*+2/p-2. The molecule has 2 nitrogen and oxygen atoms in total.